The fourth-order valence-corrected chi connectivity index (χ4v) is 2.48. The van der Waals surface area contributed by atoms with Gasteiger partial charge in [0.25, 0.3) is 0 Å². The van der Waals surface area contributed by atoms with Gasteiger partial charge in [-0.15, -0.1) is 8.58 Å². The summed E-state index contributed by atoms with van der Waals surface area (Å²) < 4.78 is 0. The predicted octanol–water partition coefficient (Wildman–Crippen LogP) is 3.90. The second-order valence-electron chi connectivity index (χ2n) is 3.22. The molecule has 0 rings (SSSR count). The summed E-state index contributed by atoms with van der Waals surface area (Å²) in [6, 6.07) is 0. The molecule has 0 radical (unpaired) electrons. The average Bonchev–Trinajstić information content (AvgIpc) is 2.05. The topological polar surface area (TPSA) is 0 Å². The maximum atomic E-state index is 2.33. The summed E-state index contributed by atoms with van der Waals surface area (Å²) in [5.41, 5.74) is 0. The Morgan fingerprint density at radius 1 is 1.18 bits per heavy atom. The molecule has 0 aliphatic heterocycles. The summed E-state index contributed by atoms with van der Waals surface area (Å²) in [6.45, 7) is 6.92. The molecule has 0 N–H and O–H groups in total. The van der Waals surface area contributed by atoms with Crippen molar-refractivity contribution >= 4 is 8.58 Å². The third-order valence-electron chi connectivity index (χ3n) is 2.23. The minimum Gasteiger partial charge on any atom is -0.122 e. The third-order valence-corrected chi connectivity index (χ3v) is 3.59. The van der Waals surface area contributed by atoms with Crippen LogP contribution in [0.15, 0.2) is 0 Å². The Balaban J connectivity index is 3.25. The smallest absolute Gasteiger partial charge is 0.0325 e. The van der Waals surface area contributed by atoms with E-state index in [9.17, 15) is 0 Å². The van der Waals surface area contributed by atoms with Gasteiger partial charge in [0.1, 0.15) is 0 Å². The van der Waals surface area contributed by atoms with Crippen LogP contribution in [0.25, 0.3) is 0 Å². The first-order valence-corrected chi connectivity index (χ1v) is 6.47. The predicted molar refractivity (Wildman–Crippen MR) is 57.0 cm³/mol. The number of hydrogen-bond donors (Lipinski definition) is 0. The Labute approximate surface area is 73.9 Å². The summed E-state index contributed by atoms with van der Waals surface area (Å²) in [6.07, 6.45) is 8.56. The van der Waals surface area contributed by atoms with Gasteiger partial charge in [0.15, 0.2) is 0 Å². The second kappa shape index (κ2) is 8.53. The average molecular weight is 174 g/mol. The number of rotatable bonds is 7. The van der Waals surface area contributed by atoms with Crippen molar-refractivity contribution in [3.63, 3.8) is 0 Å². The van der Waals surface area contributed by atoms with E-state index in [0.29, 0.717) is 0 Å². The van der Waals surface area contributed by atoms with Gasteiger partial charge in [-0.25, -0.2) is 0 Å². The summed E-state index contributed by atoms with van der Waals surface area (Å²) in [7, 11) is 1.21. The number of hydrogen-bond acceptors (Lipinski definition) is 0. The van der Waals surface area contributed by atoms with Crippen LogP contribution < -0.4 is 0 Å². The first-order valence-electron chi connectivity index (χ1n) is 5.05. The maximum Gasteiger partial charge on any atom is -0.0325 e. The summed E-state index contributed by atoms with van der Waals surface area (Å²) in [5, 5.41) is 0. The van der Waals surface area contributed by atoms with Crippen LogP contribution in [-0.2, 0) is 0 Å². The lowest BCUT2D eigenvalue weighted by atomic mass is 10.0. The molecule has 68 valence electrons. The van der Waals surface area contributed by atoms with Crippen LogP contribution in [0.2, 0.25) is 0 Å². The van der Waals surface area contributed by atoms with E-state index in [0.717, 1.165) is 5.92 Å². The molecule has 0 heterocycles. The van der Waals surface area contributed by atoms with E-state index in [1.54, 1.807) is 0 Å². The molecule has 0 aromatic carbocycles. The van der Waals surface area contributed by atoms with Crippen LogP contribution in [0.3, 0.4) is 0 Å². The zero-order valence-electron chi connectivity index (χ0n) is 8.32. The SMILES string of the molecule is CCCCC(CC)CPCC. The first kappa shape index (κ1) is 11.4. The molecule has 1 heteroatoms. The van der Waals surface area contributed by atoms with Gasteiger partial charge in [-0.1, -0.05) is 46.5 Å². The van der Waals surface area contributed by atoms with Gasteiger partial charge in [-0.05, 0) is 18.2 Å². The summed E-state index contributed by atoms with van der Waals surface area (Å²) in [5.74, 6) is 1.04. The van der Waals surface area contributed by atoms with Crippen molar-refractivity contribution in [1.29, 1.82) is 0 Å². The highest BCUT2D eigenvalue weighted by Gasteiger charge is 2.03. The minimum atomic E-state index is 1.04. The Hall–Kier alpha value is 0.430. The van der Waals surface area contributed by atoms with Gasteiger partial charge in [-0.3, -0.25) is 0 Å². The van der Waals surface area contributed by atoms with Gasteiger partial charge in [0.05, 0.1) is 0 Å². The van der Waals surface area contributed by atoms with E-state index >= 15 is 0 Å². The monoisotopic (exact) mass is 174 g/mol. The molecule has 0 amide bonds. The Morgan fingerprint density at radius 2 is 1.91 bits per heavy atom. The molecule has 11 heavy (non-hydrogen) atoms. The fourth-order valence-electron chi connectivity index (χ4n) is 1.29. The number of unbranched alkanes of at least 4 members (excludes halogenated alkanes) is 1. The molecular weight excluding hydrogens is 151 g/mol. The van der Waals surface area contributed by atoms with Gasteiger partial charge in [0, 0.05) is 0 Å². The lowest BCUT2D eigenvalue weighted by molar-refractivity contribution is 0.498. The van der Waals surface area contributed by atoms with Crippen LogP contribution in [0.5, 0.6) is 0 Å². The molecular formula is C10H23P. The van der Waals surface area contributed by atoms with E-state index < -0.39 is 0 Å². The molecule has 0 spiro atoms. The van der Waals surface area contributed by atoms with Crippen LogP contribution in [-0.4, -0.2) is 12.3 Å². The largest absolute Gasteiger partial charge is 0.122 e. The van der Waals surface area contributed by atoms with Crippen molar-refractivity contribution in [3.05, 3.63) is 0 Å². The molecule has 0 nitrogen and oxygen atoms in total. The summed E-state index contributed by atoms with van der Waals surface area (Å²) in [4.78, 5) is 0. The molecule has 2 unspecified atom stereocenters. The molecule has 2 atom stereocenters. The fraction of sp³-hybridized carbons (Fsp3) is 1.00. The van der Waals surface area contributed by atoms with Gasteiger partial charge >= 0.3 is 0 Å². The lowest BCUT2D eigenvalue weighted by Gasteiger charge is -2.12. The molecule has 0 aliphatic rings. The van der Waals surface area contributed by atoms with Gasteiger partial charge < -0.3 is 0 Å². The highest BCUT2D eigenvalue weighted by Crippen LogP contribution is 2.21. The van der Waals surface area contributed by atoms with Crippen molar-refractivity contribution in [2.45, 2.75) is 46.5 Å². The molecule has 0 bridgehead atoms. The van der Waals surface area contributed by atoms with E-state index in [1.807, 2.05) is 0 Å². The van der Waals surface area contributed by atoms with Crippen LogP contribution in [0, 0.1) is 5.92 Å². The standard InChI is InChI=1S/C10H23P/c1-4-7-8-10(5-2)9-11-6-3/h10-11H,4-9H2,1-3H3. The molecule has 0 aromatic rings. The van der Waals surface area contributed by atoms with E-state index in [4.69, 9.17) is 0 Å². The highest BCUT2D eigenvalue weighted by atomic mass is 31.1. The minimum absolute atomic E-state index is 1.04. The molecule has 0 saturated carbocycles. The van der Waals surface area contributed by atoms with E-state index in [-0.39, 0.29) is 0 Å². The molecule has 0 aliphatic carbocycles. The van der Waals surface area contributed by atoms with Gasteiger partial charge in [0.2, 0.25) is 0 Å². The third kappa shape index (κ3) is 6.81. The van der Waals surface area contributed by atoms with Crippen molar-refractivity contribution in [2.75, 3.05) is 12.3 Å². The molecule has 0 fully saturated rings. The normalized spacial score (nSPS) is 14.5. The van der Waals surface area contributed by atoms with E-state index in [2.05, 4.69) is 20.8 Å². The highest BCUT2D eigenvalue weighted by molar-refractivity contribution is 7.37. The quantitative estimate of drug-likeness (QED) is 0.513. The summed E-state index contributed by atoms with van der Waals surface area (Å²) >= 11 is 0. The maximum absolute atomic E-state index is 2.33. The van der Waals surface area contributed by atoms with Crippen LogP contribution in [0.1, 0.15) is 46.5 Å². The first-order chi connectivity index (χ1) is 5.35. The Kier molecular flexibility index (Phi) is 8.86. The second-order valence-corrected chi connectivity index (χ2v) is 4.84. The van der Waals surface area contributed by atoms with Crippen molar-refractivity contribution in [2.24, 2.45) is 5.92 Å². The van der Waals surface area contributed by atoms with Crippen molar-refractivity contribution in [3.8, 4) is 0 Å². The zero-order chi connectivity index (χ0) is 8.53. The van der Waals surface area contributed by atoms with Gasteiger partial charge in [-0.2, -0.15) is 0 Å². The zero-order valence-corrected chi connectivity index (χ0v) is 9.32. The van der Waals surface area contributed by atoms with Crippen molar-refractivity contribution in [1.82, 2.24) is 0 Å². The molecule has 0 saturated heterocycles. The lowest BCUT2D eigenvalue weighted by Crippen LogP contribution is -2.01. The van der Waals surface area contributed by atoms with Crippen molar-refractivity contribution < 1.29 is 0 Å². The van der Waals surface area contributed by atoms with Crippen LogP contribution in [0.4, 0.5) is 0 Å². The van der Waals surface area contributed by atoms with E-state index in [1.165, 1.54) is 46.6 Å². The van der Waals surface area contributed by atoms with Crippen LogP contribution >= 0.6 is 8.58 Å². The Morgan fingerprint density at radius 3 is 2.36 bits per heavy atom. The molecule has 0 aromatic heterocycles. The Bertz CT molecular complexity index is 63.3.